The number of hydrogen-bond acceptors (Lipinski definition) is 2. The van der Waals surface area contributed by atoms with E-state index in [1.54, 1.807) is 0 Å². The summed E-state index contributed by atoms with van der Waals surface area (Å²) in [6, 6.07) is 0. The van der Waals surface area contributed by atoms with Gasteiger partial charge >= 0.3 is 8.56 Å². The van der Waals surface area contributed by atoms with Gasteiger partial charge in [0.2, 0.25) is 0 Å². The molecule has 0 rings (SSSR count). The van der Waals surface area contributed by atoms with E-state index in [0.717, 1.165) is 12.8 Å². The molecule has 0 aromatic carbocycles. The summed E-state index contributed by atoms with van der Waals surface area (Å²) in [5.41, 5.74) is 0. The molecule has 2 nitrogen and oxygen atoms in total. The monoisotopic (exact) mass is 288 g/mol. The molecule has 0 N–H and O–H groups in total. The Balaban J connectivity index is 5.61. The molecule has 0 saturated carbocycles. The Kier molecular flexibility index (Phi) is 6.78. The van der Waals surface area contributed by atoms with Crippen LogP contribution < -0.4 is 0 Å². The molecule has 0 bridgehead atoms. The SMILES string of the molecule is CCC(C)O[Si](OC(C)CC)(C(C)(C)C)C(C)(C)C. The molecule has 0 aliphatic heterocycles. The highest BCUT2D eigenvalue weighted by Gasteiger charge is 2.59. The average molecular weight is 289 g/mol. The summed E-state index contributed by atoms with van der Waals surface area (Å²) in [4.78, 5) is 0. The van der Waals surface area contributed by atoms with Crippen LogP contribution in [0.4, 0.5) is 0 Å². The third-order valence-electron chi connectivity index (χ3n) is 3.86. The van der Waals surface area contributed by atoms with E-state index in [0.29, 0.717) is 0 Å². The molecule has 116 valence electrons. The normalized spacial score (nSPS) is 17.4. The molecular weight excluding hydrogens is 252 g/mol. The maximum absolute atomic E-state index is 6.61. The smallest absolute Gasteiger partial charge is 0.349 e. The second-order valence-electron chi connectivity index (χ2n) is 7.79. The maximum Gasteiger partial charge on any atom is 0.349 e. The van der Waals surface area contributed by atoms with Crippen molar-refractivity contribution in [2.45, 2.75) is 104 Å². The minimum absolute atomic E-state index is 0.0537. The third-order valence-corrected chi connectivity index (χ3v) is 9.28. The summed E-state index contributed by atoms with van der Waals surface area (Å²) in [7, 11) is -2.37. The van der Waals surface area contributed by atoms with Crippen molar-refractivity contribution < 1.29 is 8.85 Å². The molecule has 0 aliphatic carbocycles. The fourth-order valence-electron chi connectivity index (χ4n) is 2.59. The van der Waals surface area contributed by atoms with Gasteiger partial charge in [0.05, 0.1) is 0 Å². The summed E-state index contributed by atoms with van der Waals surface area (Å²) < 4.78 is 13.2. The van der Waals surface area contributed by atoms with Gasteiger partial charge < -0.3 is 8.85 Å². The van der Waals surface area contributed by atoms with Gasteiger partial charge in [-0.15, -0.1) is 0 Å². The lowest BCUT2D eigenvalue weighted by atomic mass is 10.2. The number of hydrogen-bond donors (Lipinski definition) is 0. The Morgan fingerprint density at radius 3 is 1.16 bits per heavy atom. The zero-order valence-electron chi connectivity index (χ0n) is 14.9. The van der Waals surface area contributed by atoms with Crippen molar-refractivity contribution in [2.75, 3.05) is 0 Å². The van der Waals surface area contributed by atoms with Crippen LogP contribution in [0.15, 0.2) is 0 Å². The van der Waals surface area contributed by atoms with Crippen molar-refractivity contribution in [3.63, 3.8) is 0 Å². The fraction of sp³-hybridized carbons (Fsp3) is 1.00. The van der Waals surface area contributed by atoms with Crippen LogP contribution in [0.3, 0.4) is 0 Å². The molecule has 0 amide bonds. The zero-order valence-corrected chi connectivity index (χ0v) is 15.9. The minimum atomic E-state index is -2.37. The van der Waals surface area contributed by atoms with Crippen molar-refractivity contribution in [3.8, 4) is 0 Å². The van der Waals surface area contributed by atoms with E-state index < -0.39 is 8.56 Å². The molecule has 0 radical (unpaired) electrons. The first-order valence-corrected chi connectivity index (χ1v) is 9.58. The molecule has 3 heteroatoms. The molecule has 0 aliphatic rings. The van der Waals surface area contributed by atoms with Crippen LogP contribution in [0.25, 0.3) is 0 Å². The quantitative estimate of drug-likeness (QED) is 0.587. The second-order valence-corrected chi connectivity index (χ2v) is 12.5. The van der Waals surface area contributed by atoms with Gasteiger partial charge in [-0.1, -0.05) is 55.4 Å². The molecule has 0 spiro atoms. The first-order chi connectivity index (χ1) is 8.41. The molecule has 0 aromatic heterocycles. The van der Waals surface area contributed by atoms with E-state index in [-0.39, 0.29) is 22.3 Å². The summed E-state index contributed by atoms with van der Waals surface area (Å²) in [6.45, 7) is 22.3. The van der Waals surface area contributed by atoms with Crippen LogP contribution in [-0.4, -0.2) is 20.8 Å². The molecule has 0 heterocycles. The molecule has 2 unspecified atom stereocenters. The lowest BCUT2D eigenvalue weighted by Crippen LogP contribution is -2.59. The highest BCUT2D eigenvalue weighted by atomic mass is 28.4. The van der Waals surface area contributed by atoms with E-state index in [4.69, 9.17) is 8.85 Å². The second kappa shape index (κ2) is 6.73. The highest BCUT2D eigenvalue weighted by molar-refractivity contribution is 6.73. The van der Waals surface area contributed by atoms with Crippen molar-refractivity contribution in [2.24, 2.45) is 0 Å². The Labute approximate surface area is 122 Å². The molecule has 0 aromatic rings. The van der Waals surface area contributed by atoms with Crippen LogP contribution in [0.2, 0.25) is 10.1 Å². The fourth-order valence-corrected chi connectivity index (χ4v) is 7.78. The minimum Gasteiger partial charge on any atom is -0.391 e. The summed E-state index contributed by atoms with van der Waals surface area (Å²) in [6.07, 6.45) is 2.58. The van der Waals surface area contributed by atoms with E-state index in [1.165, 1.54) is 0 Å². The first kappa shape index (κ1) is 19.1. The van der Waals surface area contributed by atoms with Gasteiger partial charge in [0.1, 0.15) is 0 Å². The van der Waals surface area contributed by atoms with E-state index in [9.17, 15) is 0 Å². The van der Waals surface area contributed by atoms with Crippen LogP contribution in [0.1, 0.15) is 82.1 Å². The molecule has 0 fully saturated rings. The molecular formula is C16H36O2Si. The Bertz CT molecular complexity index is 235. The molecule has 2 atom stereocenters. The van der Waals surface area contributed by atoms with Gasteiger partial charge in [-0.25, -0.2) is 0 Å². The van der Waals surface area contributed by atoms with Crippen LogP contribution in [0, 0.1) is 0 Å². The predicted octanol–water partition coefficient (Wildman–Crippen LogP) is 5.66. The van der Waals surface area contributed by atoms with E-state index >= 15 is 0 Å². The highest BCUT2D eigenvalue weighted by Crippen LogP contribution is 2.53. The summed E-state index contributed by atoms with van der Waals surface area (Å²) >= 11 is 0. The van der Waals surface area contributed by atoms with Gasteiger partial charge in [-0.2, -0.15) is 0 Å². The van der Waals surface area contributed by atoms with Crippen molar-refractivity contribution in [3.05, 3.63) is 0 Å². The lowest BCUT2D eigenvalue weighted by molar-refractivity contribution is 0.0564. The van der Waals surface area contributed by atoms with E-state index in [1.807, 2.05) is 0 Å². The Morgan fingerprint density at radius 2 is 1.00 bits per heavy atom. The van der Waals surface area contributed by atoms with Gasteiger partial charge in [0.25, 0.3) is 0 Å². The largest absolute Gasteiger partial charge is 0.391 e. The Morgan fingerprint density at radius 1 is 0.737 bits per heavy atom. The summed E-state index contributed by atoms with van der Waals surface area (Å²) in [5, 5.41) is 0.107. The number of rotatable bonds is 6. The molecule has 0 saturated heterocycles. The topological polar surface area (TPSA) is 18.5 Å². The van der Waals surface area contributed by atoms with Crippen LogP contribution in [-0.2, 0) is 8.85 Å². The maximum atomic E-state index is 6.61. The third kappa shape index (κ3) is 4.57. The standard InChI is InChI=1S/C16H36O2Si/c1-11-13(3)17-19(15(5,6)7,16(8,9)10)18-14(4)12-2/h13-14H,11-12H2,1-10H3. The van der Waals surface area contributed by atoms with Crippen molar-refractivity contribution >= 4 is 8.56 Å². The van der Waals surface area contributed by atoms with Crippen LogP contribution >= 0.6 is 0 Å². The van der Waals surface area contributed by atoms with E-state index in [2.05, 4.69) is 69.2 Å². The van der Waals surface area contributed by atoms with Gasteiger partial charge in [-0.05, 0) is 26.7 Å². The summed E-state index contributed by atoms with van der Waals surface area (Å²) in [5.74, 6) is 0. The average Bonchev–Trinajstić information content (AvgIpc) is 2.24. The van der Waals surface area contributed by atoms with Crippen LogP contribution in [0.5, 0.6) is 0 Å². The van der Waals surface area contributed by atoms with Gasteiger partial charge in [0, 0.05) is 22.3 Å². The van der Waals surface area contributed by atoms with Gasteiger partial charge in [0.15, 0.2) is 0 Å². The van der Waals surface area contributed by atoms with Gasteiger partial charge in [-0.3, -0.25) is 0 Å². The first-order valence-electron chi connectivity index (χ1n) is 7.77. The zero-order chi connectivity index (χ0) is 15.5. The Hall–Kier alpha value is 0.137. The van der Waals surface area contributed by atoms with Crippen molar-refractivity contribution in [1.82, 2.24) is 0 Å². The predicted molar refractivity (Wildman–Crippen MR) is 86.9 cm³/mol. The molecule has 19 heavy (non-hydrogen) atoms. The lowest BCUT2D eigenvalue weighted by Gasteiger charge is -2.51. The van der Waals surface area contributed by atoms with Crippen molar-refractivity contribution in [1.29, 1.82) is 0 Å².